The number of ether oxygens (including phenoxy) is 5. The number of benzene rings is 2. The van der Waals surface area contributed by atoms with Gasteiger partial charge in [-0.05, 0) is 53.0 Å². The molecule has 0 spiro atoms. The van der Waals surface area contributed by atoms with Gasteiger partial charge in [-0.2, -0.15) is 9.90 Å². The number of pyridine rings is 1. The van der Waals surface area contributed by atoms with Crippen molar-refractivity contribution in [3.8, 4) is 38.3 Å². The molecule has 6 atom stereocenters. The molecule has 0 saturated carbocycles. The van der Waals surface area contributed by atoms with Crippen molar-refractivity contribution in [2.24, 2.45) is 0 Å². The zero-order chi connectivity index (χ0) is 39.8. The smallest absolute Gasteiger partial charge is 0.153 e. The fraction of sp³-hybridized carbons (Fsp3) is 0.512. The molecule has 4 fully saturated rings. The molecule has 5 aliphatic rings. The summed E-state index contributed by atoms with van der Waals surface area (Å²) in [4.78, 5) is 34.1. The number of methoxy groups -OCH3 is 1. The summed E-state index contributed by atoms with van der Waals surface area (Å²) in [5.74, 6) is 2.38. The summed E-state index contributed by atoms with van der Waals surface area (Å²) in [6.07, 6.45) is 2.11. The molecule has 18 heteroatoms. The molecule has 0 radical (unpaired) electrons. The van der Waals surface area contributed by atoms with Gasteiger partial charge < -0.3 is 18.2 Å². The van der Waals surface area contributed by atoms with Crippen molar-refractivity contribution in [3.63, 3.8) is 0 Å². The number of thiol groups is 1. The number of carbonyl (C=O) groups excluding carboxylic acids is 1. The second-order valence-corrected chi connectivity index (χ2v) is 17.6. The van der Waals surface area contributed by atoms with Crippen molar-refractivity contribution in [3.05, 3.63) is 41.5 Å². The Labute approximate surface area is 366 Å². The van der Waals surface area contributed by atoms with Gasteiger partial charge in [-0.25, -0.2) is 9.18 Å². The molecule has 7 heterocycles. The van der Waals surface area contributed by atoms with E-state index in [4.69, 9.17) is 38.6 Å². The van der Waals surface area contributed by atoms with Gasteiger partial charge in [0.2, 0.25) is 0 Å². The first-order chi connectivity index (χ1) is 27.4. The van der Waals surface area contributed by atoms with Crippen LogP contribution >= 0.6 is 9.90 Å². The van der Waals surface area contributed by atoms with Gasteiger partial charge in [-0.15, -0.1) is 0 Å². The van der Waals surface area contributed by atoms with Crippen LogP contribution < -0.4 is 19.1 Å². The van der Waals surface area contributed by atoms with Crippen LogP contribution in [0.5, 0.6) is 17.6 Å². The average Bonchev–Trinajstić information content (AvgIpc) is 3.78. The topological polar surface area (TPSA) is 112 Å². The van der Waals surface area contributed by atoms with Crippen LogP contribution in [0.2, 0.25) is 0 Å². The van der Waals surface area contributed by atoms with Crippen LogP contribution in [0.25, 0.3) is 32.9 Å². The Kier molecular flexibility index (Phi) is 12.5. The first-order valence-corrected chi connectivity index (χ1v) is 21.6. The molecular formula is C41H46F3N6O6PSTl-. The van der Waals surface area contributed by atoms with E-state index in [2.05, 4.69) is 19.2 Å². The Hall–Kier alpha value is -3.37. The number of fused-ring (bicyclic) bond motifs is 7. The molecule has 2 bridgehead atoms. The van der Waals surface area contributed by atoms with E-state index in [1.54, 1.807) is 18.2 Å². The predicted octanol–water partition coefficient (Wildman–Crippen LogP) is 5.68. The third-order valence-corrected chi connectivity index (χ3v) is 12.4. The van der Waals surface area contributed by atoms with Crippen LogP contribution in [0, 0.1) is 21.0 Å². The van der Waals surface area contributed by atoms with Gasteiger partial charge >= 0.3 is 232 Å². The summed E-state index contributed by atoms with van der Waals surface area (Å²) in [5, 5.41) is 1.17. The number of amides is 1. The van der Waals surface area contributed by atoms with E-state index in [-0.39, 0.29) is 121 Å². The Morgan fingerprint density at radius 2 is 1.90 bits per heavy atom. The molecule has 59 heavy (non-hydrogen) atoms. The summed E-state index contributed by atoms with van der Waals surface area (Å²) in [7, 11) is 1.49. The maximum absolute atomic E-state index is 17.6. The summed E-state index contributed by atoms with van der Waals surface area (Å²) in [6, 6.07) is 5.26. The van der Waals surface area contributed by atoms with Gasteiger partial charge in [-0.3, -0.25) is 9.80 Å². The van der Waals surface area contributed by atoms with E-state index >= 15 is 8.78 Å². The Morgan fingerprint density at radius 1 is 1.08 bits per heavy atom. The van der Waals surface area contributed by atoms with Crippen LogP contribution in [0.3, 0.4) is 0 Å². The maximum Gasteiger partial charge on any atom is -0.153 e. The number of hydrogen-bond donors (Lipinski definition) is 0. The number of alkyl halides is 1. The van der Waals surface area contributed by atoms with Crippen LogP contribution in [0.1, 0.15) is 58.4 Å². The standard InChI is InChI=1S/C41H42F3N6O6.H3P.H2S.Tl/c1-6-26-28(43)10-8-22-14-25(55-21-52-5)15-27(31(22)26)34-33(44)35-32-36(47-38(46-35)54-20-41-12-7-13-48(41)17-23(42)16-41)49-18-24-9-11-29(30(49)19-53-37(32)45-34)50(24)39(51)56-40(2,3)4;;;/h8,10,14-15,23-24,29-30H,7,9,11-13,16-21H2,2-5H3;1H3;1H2;/p-1/t23-,24-,29+,30+,41+;;;/m0.../s1. The van der Waals surface area contributed by atoms with E-state index in [9.17, 15) is 9.18 Å². The molecule has 0 aliphatic carbocycles. The number of nitrogens with zero attached hydrogens (tertiary/aromatic N) is 6. The predicted molar refractivity (Wildman–Crippen MR) is 225 cm³/mol. The Bertz CT molecular complexity index is 2370. The maximum atomic E-state index is 17.6. The van der Waals surface area contributed by atoms with E-state index < -0.39 is 41.1 Å². The number of piperazine rings is 1. The van der Waals surface area contributed by atoms with Gasteiger partial charge in [0.1, 0.15) is 11.8 Å². The monoisotopic (exact) mass is 1040 g/mol. The van der Waals surface area contributed by atoms with Crippen molar-refractivity contribution < 1.29 is 41.7 Å². The summed E-state index contributed by atoms with van der Waals surface area (Å²) in [5.41, 5.74) is -1.11. The van der Waals surface area contributed by atoms with Crippen LogP contribution in [0.15, 0.2) is 24.3 Å². The number of aromatic nitrogens is 3. The molecule has 2 aromatic heterocycles. The minimum absolute atomic E-state index is 0. The molecule has 12 nitrogen and oxygen atoms in total. The SMILES string of the molecule is COCOc1cc(-c2nc3c4c(nc(OC[C@]56CCCN5C[C@@H](F)C6)nc4c2F)N2C[C@@H]4CC[C@H]([C@H]2CO3)N4C(=O)OC(C)(C)C)c2c(C#[C][Tl])c(F)ccc2c1.P.[SH-]. The molecule has 4 aromatic rings. The third-order valence-electron chi connectivity index (χ3n) is 11.8. The fourth-order valence-corrected chi connectivity index (χ4v) is 10.1. The first kappa shape index (κ1) is 43.7. The molecule has 2 aromatic carbocycles. The molecule has 312 valence electrons. The Balaban J connectivity index is 0.00000264. The Morgan fingerprint density at radius 3 is 2.66 bits per heavy atom. The zero-order valence-electron chi connectivity index (χ0n) is 33.4. The van der Waals surface area contributed by atoms with E-state index in [0.29, 0.717) is 48.3 Å². The van der Waals surface area contributed by atoms with Gasteiger partial charge in [0.05, 0.1) is 11.6 Å². The molecule has 9 rings (SSSR count). The second kappa shape index (κ2) is 16.8. The van der Waals surface area contributed by atoms with Gasteiger partial charge in [-0.1, -0.05) is 0 Å². The molecule has 4 saturated heterocycles. The van der Waals surface area contributed by atoms with E-state index in [1.807, 2.05) is 25.7 Å². The minimum atomic E-state index is -0.965. The largest absolute Gasteiger partial charge is 0.813 e. The van der Waals surface area contributed by atoms with Gasteiger partial charge in [0, 0.05) is 13.0 Å². The summed E-state index contributed by atoms with van der Waals surface area (Å²) >= 11 is 0.263. The van der Waals surface area contributed by atoms with Gasteiger partial charge in [0.15, 0.2) is 0 Å². The second-order valence-electron chi connectivity index (χ2n) is 16.5. The molecule has 0 N–H and O–H groups in total. The molecular weight excluding hydrogens is 997 g/mol. The fourth-order valence-electron chi connectivity index (χ4n) is 9.56. The average molecular weight is 1040 g/mol. The first-order valence-electron chi connectivity index (χ1n) is 19.3. The summed E-state index contributed by atoms with van der Waals surface area (Å²) < 4.78 is 80.7. The van der Waals surface area contributed by atoms with Crippen molar-refractivity contribution >= 4 is 82.7 Å². The summed E-state index contributed by atoms with van der Waals surface area (Å²) in [6.45, 7) is 7.17. The van der Waals surface area contributed by atoms with Crippen molar-refractivity contribution in [1.29, 1.82) is 0 Å². The van der Waals surface area contributed by atoms with Crippen LogP contribution in [-0.2, 0) is 23.0 Å². The molecule has 1 amide bonds. The number of carbonyl (C=O) groups is 1. The normalized spacial score (nSPS) is 24.2. The number of hydrogen-bond acceptors (Lipinski definition) is 12. The zero-order valence-corrected chi connectivity index (χ0v) is 40.2. The number of anilines is 1. The van der Waals surface area contributed by atoms with E-state index in [1.165, 1.54) is 13.2 Å². The quantitative estimate of drug-likeness (QED) is 0.0568. The third kappa shape index (κ3) is 7.76. The van der Waals surface area contributed by atoms with Crippen LogP contribution in [0.4, 0.5) is 23.8 Å². The van der Waals surface area contributed by atoms with Crippen molar-refractivity contribution in [2.45, 2.75) is 88.3 Å². The molecule has 1 unspecified atom stereocenters. The van der Waals surface area contributed by atoms with Crippen molar-refractivity contribution in [2.75, 3.05) is 51.7 Å². The number of rotatable bonds is 7. The minimum Gasteiger partial charge on any atom is -0.813 e. The van der Waals surface area contributed by atoms with Gasteiger partial charge in [0.25, 0.3) is 0 Å². The molecule has 5 aliphatic heterocycles. The van der Waals surface area contributed by atoms with Crippen molar-refractivity contribution in [1.82, 2.24) is 24.8 Å². The van der Waals surface area contributed by atoms with Crippen LogP contribution in [-0.4, -0.2) is 139 Å². The number of halogens is 3. The van der Waals surface area contributed by atoms with E-state index in [0.717, 1.165) is 25.8 Å².